The fourth-order valence-corrected chi connectivity index (χ4v) is 1.42. The van der Waals surface area contributed by atoms with Gasteiger partial charge in [-0.1, -0.05) is 13.8 Å². The van der Waals surface area contributed by atoms with E-state index in [4.69, 9.17) is 0 Å². The van der Waals surface area contributed by atoms with Gasteiger partial charge < -0.3 is 10.2 Å². The van der Waals surface area contributed by atoms with Crippen LogP contribution in [0.2, 0.25) is 0 Å². The number of nitrogens with zero attached hydrogens (tertiary/aromatic N) is 1. The molecule has 12 heavy (non-hydrogen) atoms. The van der Waals surface area contributed by atoms with E-state index in [0.717, 1.165) is 12.6 Å². The minimum atomic E-state index is 0.635. The molecule has 0 heterocycles. The van der Waals surface area contributed by atoms with Crippen LogP contribution in [0.3, 0.4) is 0 Å². The first-order valence-electron chi connectivity index (χ1n) is 5.14. The molecule has 0 aromatic carbocycles. The van der Waals surface area contributed by atoms with E-state index in [9.17, 15) is 0 Å². The van der Waals surface area contributed by atoms with Crippen LogP contribution in [0.1, 0.15) is 33.1 Å². The SMILES string of the molecule is CC(C)NCCCN(C)C1CC1. The summed E-state index contributed by atoms with van der Waals surface area (Å²) in [7, 11) is 2.24. The molecule has 1 aliphatic carbocycles. The molecule has 2 heteroatoms. The molecule has 1 aliphatic rings. The van der Waals surface area contributed by atoms with Gasteiger partial charge in [-0.3, -0.25) is 0 Å². The van der Waals surface area contributed by atoms with Gasteiger partial charge in [-0.05, 0) is 39.4 Å². The topological polar surface area (TPSA) is 15.3 Å². The molecular weight excluding hydrogens is 148 g/mol. The minimum Gasteiger partial charge on any atom is -0.314 e. The molecule has 72 valence electrons. The molecule has 1 N–H and O–H groups in total. The van der Waals surface area contributed by atoms with E-state index in [1.807, 2.05) is 0 Å². The highest BCUT2D eigenvalue weighted by molar-refractivity contribution is 4.82. The van der Waals surface area contributed by atoms with E-state index in [-0.39, 0.29) is 0 Å². The van der Waals surface area contributed by atoms with E-state index < -0.39 is 0 Å². The molecular formula is C10H22N2. The zero-order chi connectivity index (χ0) is 8.97. The van der Waals surface area contributed by atoms with Gasteiger partial charge in [-0.25, -0.2) is 0 Å². The van der Waals surface area contributed by atoms with Crippen molar-refractivity contribution in [3.63, 3.8) is 0 Å². The second-order valence-corrected chi connectivity index (χ2v) is 4.17. The van der Waals surface area contributed by atoms with E-state index in [2.05, 4.69) is 31.1 Å². The Morgan fingerprint density at radius 2 is 2.08 bits per heavy atom. The van der Waals surface area contributed by atoms with Gasteiger partial charge in [0, 0.05) is 12.1 Å². The fourth-order valence-electron chi connectivity index (χ4n) is 1.42. The van der Waals surface area contributed by atoms with Crippen molar-refractivity contribution in [2.24, 2.45) is 0 Å². The molecule has 0 aliphatic heterocycles. The second kappa shape index (κ2) is 4.83. The van der Waals surface area contributed by atoms with Crippen LogP contribution in [0.15, 0.2) is 0 Å². The van der Waals surface area contributed by atoms with Crippen molar-refractivity contribution in [1.82, 2.24) is 10.2 Å². The lowest BCUT2D eigenvalue weighted by molar-refractivity contribution is 0.315. The first-order valence-corrected chi connectivity index (χ1v) is 5.14. The lowest BCUT2D eigenvalue weighted by atomic mass is 10.3. The van der Waals surface area contributed by atoms with Crippen LogP contribution < -0.4 is 5.32 Å². The van der Waals surface area contributed by atoms with Crippen LogP contribution in [-0.2, 0) is 0 Å². The molecule has 1 fully saturated rings. The Balaban J connectivity index is 1.87. The van der Waals surface area contributed by atoms with E-state index in [0.29, 0.717) is 6.04 Å². The highest BCUT2D eigenvalue weighted by atomic mass is 15.1. The summed E-state index contributed by atoms with van der Waals surface area (Å²) in [6, 6.07) is 1.56. The Morgan fingerprint density at radius 1 is 1.42 bits per heavy atom. The van der Waals surface area contributed by atoms with Crippen molar-refractivity contribution in [2.75, 3.05) is 20.1 Å². The summed E-state index contributed by atoms with van der Waals surface area (Å²) in [6.45, 7) is 6.81. The Bertz CT molecular complexity index is 119. The van der Waals surface area contributed by atoms with Crippen LogP contribution in [0.4, 0.5) is 0 Å². The number of rotatable bonds is 6. The van der Waals surface area contributed by atoms with Gasteiger partial charge in [-0.2, -0.15) is 0 Å². The monoisotopic (exact) mass is 170 g/mol. The van der Waals surface area contributed by atoms with Crippen molar-refractivity contribution < 1.29 is 0 Å². The molecule has 0 spiro atoms. The summed E-state index contributed by atoms with van der Waals surface area (Å²) in [5.74, 6) is 0. The zero-order valence-electron chi connectivity index (χ0n) is 8.64. The van der Waals surface area contributed by atoms with Gasteiger partial charge in [0.15, 0.2) is 0 Å². The van der Waals surface area contributed by atoms with Gasteiger partial charge in [-0.15, -0.1) is 0 Å². The molecule has 0 saturated heterocycles. The normalized spacial score (nSPS) is 17.8. The number of hydrogen-bond acceptors (Lipinski definition) is 2. The van der Waals surface area contributed by atoms with E-state index in [1.165, 1.54) is 25.8 Å². The third-order valence-electron chi connectivity index (χ3n) is 2.41. The van der Waals surface area contributed by atoms with Crippen molar-refractivity contribution in [3.05, 3.63) is 0 Å². The maximum atomic E-state index is 3.43. The average molecular weight is 170 g/mol. The van der Waals surface area contributed by atoms with E-state index in [1.54, 1.807) is 0 Å². The third-order valence-corrected chi connectivity index (χ3v) is 2.41. The molecule has 0 radical (unpaired) electrons. The first kappa shape index (κ1) is 10.0. The fraction of sp³-hybridized carbons (Fsp3) is 1.00. The molecule has 1 saturated carbocycles. The predicted molar refractivity (Wildman–Crippen MR) is 53.4 cm³/mol. The average Bonchev–Trinajstić information content (AvgIpc) is 2.79. The Kier molecular flexibility index (Phi) is 4.02. The van der Waals surface area contributed by atoms with Crippen LogP contribution in [0.25, 0.3) is 0 Å². The maximum absolute atomic E-state index is 3.43. The molecule has 2 nitrogen and oxygen atoms in total. The lowest BCUT2D eigenvalue weighted by Gasteiger charge is -2.16. The standard InChI is InChI=1S/C10H22N2/c1-9(2)11-7-4-8-12(3)10-5-6-10/h9-11H,4-8H2,1-3H3. The number of hydrogen-bond donors (Lipinski definition) is 1. The van der Waals surface area contributed by atoms with Gasteiger partial charge in [0.1, 0.15) is 0 Å². The van der Waals surface area contributed by atoms with Crippen LogP contribution in [0, 0.1) is 0 Å². The largest absolute Gasteiger partial charge is 0.314 e. The molecule has 0 aromatic heterocycles. The third kappa shape index (κ3) is 4.07. The predicted octanol–water partition coefficient (Wildman–Crippen LogP) is 1.47. The number of nitrogens with one attached hydrogen (secondary N) is 1. The summed E-state index contributed by atoms with van der Waals surface area (Å²) in [6.07, 6.45) is 4.13. The minimum absolute atomic E-state index is 0.635. The highest BCUT2D eigenvalue weighted by Crippen LogP contribution is 2.24. The van der Waals surface area contributed by atoms with Crippen molar-refractivity contribution in [2.45, 2.75) is 45.2 Å². The van der Waals surface area contributed by atoms with Crippen LogP contribution >= 0.6 is 0 Å². The lowest BCUT2D eigenvalue weighted by Crippen LogP contribution is -2.28. The summed E-state index contributed by atoms with van der Waals surface area (Å²) >= 11 is 0. The smallest absolute Gasteiger partial charge is 0.00933 e. The summed E-state index contributed by atoms with van der Waals surface area (Å²) in [4.78, 5) is 2.49. The zero-order valence-corrected chi connectivity index (χ0v) is 8.64. The maximum Gasteiger partial charge on any atom is 0.00933 e. The molecule has 0 unspecified atom stereocenters. The summed E-state index contributed by atoms with van der Waals surface area (Å²) < 4.78 is 0. The summed E-state index contributed by atoms with van der Waals surface area (Å²) in [5.41, 5.74) is 0. The Labute approximate surface area is 76.3 Å². The second-order valence-electron chi connectivity index (χ2n) is 4.17. The van der Waals surface area contributed by atoms with E-state index >= 15 is 0 Å². The molecule has 0 amide bonds. The Morgan fingerprint density at radius 3 is 2.58 bits per heavy atom. The van der Waals surface area contributed by atoms with Crippen molar-refractivity contribution in [3.8, 4) is 0 Å². The summed E-state index contributed by atoms with van der Waals surface area (Å²) in [5, 5.41) is 3.43. The van der Waals surface area contributed by atoms with Gasteiger partial charge >= 0.3 is 0 Å². The van der Waals surface area contributed by atoms with Gasteiger partial charge in [0.05, 0.1) is 0 Å². The van der Waals surface area contributed by atoms with Crippen molar-refractivity contribution in [1.29, 1.82) is 0 Å². The highest BCUT2D eigenvalue weighted by Gasteiger charge is 2.25. The molecule has 0 atom stereocenters. The van der Waals surface area contributed by atoms with Crippen LogP contribution in [-0.4, -0.2) is 37.1 Å². The quantitative estimate of drug-likeness (QED) is 0.607. The van der Waals surface area contributed by atoms with Gasteiger partial charge in [0.25, 0.3) is 0 Å². The Hall–Kier alpha value is -0.0800. The van der Waals surface area contributed by atoms with Crippen LogP contribution in [0.5, 0.6) is 0 Å². The van der Waals surface area contributed by atoms with Crippen molar-refractivity contribution >= 4 is 0 Å². The molecule has 0 aromatic rings. The molecule has 1 rings (SSSR count). The van der Waals surface area contributed by atoms with Gasteiger partial charge in [0.2, 0.25) is 0 Å². The first-order chi connectivity index (χ1) is 5.70. The molecule has 0 bridgehead atoms.